The van der Waals surface area contributed by atoms with Gasteiger partial charge in [0.1, 0.15) is 11.9 Å². The SMILES string of the molecule is COC(=O)c1nccnc1N1CC(Oc2cc(F)c(F)c(Cl)c2)C1. The van der Waals surface area contributed by atoms with Crippen LogP contribution in [-0.2, 0) is 4.74 Å². The first kappa shape index (κ1) is 16.4. The average molecular weight is 356 g/mol. The van der Waals surface area contributed by atoms with Gasteiger partial charge in [-0.3, -0.25) is 0 Å². The van der Waals surface area contributed by atoms with Gasteiger partial charge in [-0.2, -0.15) is 0 Å². The molecule has 0 spiro atoms. The summed E-state index contributed by atoms with van der Waals surface area (Å²) in [5, 5.41) is -0.344. The Morgan fingerprint density at radius 2 is 2.00 bits per heavy atom. The summed E-state index contributed by atoms with van der Waals surface area (Å²) in [6, 6.07) is 2.15. The molecule has 9 heteroatoms. The number of halogens is 3. The first-order valence-electron chi connectivity index (χ1n) is 6.95. The van der Waals surface area contributed by atoms with Crippen LogP contribution >= 0.6 is 11.6 Å². The topological polar surface area (TPSA) is 64.5 Å². The zero-order valence-electron chi connectivity index (χ0n) is 12.5. The smallest absolute Gasteiger partial charge is 0.360 e. The third-order valence-corrected chi connectivity index (χ3v) is 3.74. The Hall–Kier alpha value is -2.48. The second-order valence-corrected chi connectivity index (χ2v) is 5.47. The number of aromatic nitrogens is 2. The van der Waals surface area contributed by atoms with Crippen molar-refractivity contribution >= 4 is 23.4 Å². The summed E-state index contributed by atoms with van der Waals surface area (Å²) in [5.74, 6) is -2.25. The molecule has 0 amide bonds. The Morgan fingerprint density at radius 1 is 1.29 bits per heavy atom. The summed E-state index contributed by atoms with van der Waals surface area (Å²) in [5.41, 5.74) is 0.106. The predicted octanol–water partition coefficient (Wildman–Crippen LogP) is 2.46. The van der Waals surface area contributed by atoms with E-state index in [-0.39, 0.29) is 22.6 Å². The summed E-state index contributed by atoms with van der Waals surface area (Å²) < 4.78 is 36.7. The number of esters is 1. The van der Waals surface area contributed by atoms with E-state index < -0.39 is 17.6 Å². The van der Waals surface area contributed by atoms with Gasteiger partial charge in [-0.25, -0.2) is 23.5 Å². The first-order valence-corrected chi connectivity index (χ1v) is 7.33. The second-order valence-electron chi connectivity index (χ2n) is 5.07. The molecule has 2 aromatic rings. The van der Waals surface area contributed by atoms with Gasteiger partial charge in [0.05, 0.1) is 25.2 Å². The van der Waals surface area contributed by atoms with Crippen LogP contribution in [0.4, 0.5) is 14.6 Å². The Labute approximate surface area is 141 Å². The Morgan fingerprint density at radius 3 is 2.67 bits per heavy atom. The van der Waals surface area contributed by atoms with Crippen LogP contribution in [0.25, 0.3) is 0 Å². The molecule has 0 saturated carbocycles. The maximum Gasteiger partial charge on any atom is 0.360 e. The van der Waals surface area contributed by atoms with Crippen molar-refractivity contribution in [3.63, 3.8) is 0 Å². The maximum atomic E-state index is 13.3. The third-order valence-electron chi connectivity index (χ3n) is 3.47. The van der Waals surface area contributed by atoms with Crippen LogP contribution in [0.15, 0.2) is 24.5 Å². The molecule has 24 heavy (non-hydrogen) atoms. The number of ether oxygens (including phenoxy) is 2. The van der Waals surface area contributed by atoms with Crippen molar-refractivity contribution in [2.75, 3.05) is 25.1 Å². The van der Waals surface area contributed by atoms with Crippen molar-refractivity contribution < 1.29 is 23.0 Å². The summed E-state index contributed by atoms with van der Waals surface area (Å²) >= 11 is 5.58. The monoisotopic (exact) mass is 355 g/mol. The lowest BCUT2D eigenvalue weighted by atomic mass is 10.1. The Bertz CT molecular complexity index is 761. The zero-order chi connectivity index (χ0) is 17.3. The van der Waals surface area contributed by atoms with E-state index >= 15 is 0 Å². The molecule has 1 aliphatic rings. The molecule has 1 fully saturated rings. The third kappa shape index (κ3) is 3.09. The second kappa shape index (κ2) is 6.56. The quantitative estimate of drug-likeness (QED) is 0.620. The molecule has 3 rings (SSSR count). The van der Waals surface area contributed by atoms with Crippen molar-refractivity contribution in [3.8, 4) is 5.75 Å². The summed E-state index contributed by atoms with van der Waals surface area (Å²) in [4.78, 5) is 21.5. The zero-order valence-corrected chi connectivity index (χ0v) is 13.3. The van der Waals surface area contributed by atoms with E-state index in [1.807, 2.05) is 0 Å². The van der Waals surface area contributed by atoms with Crippen molar-refractivity contribution in [2.45, 2.75) is 6.10 Å². The highest BCUT2D eigenvalue weighted by Crippen LogP contribution is 2.28. The molecule has 126 valence electrons. The summed E-state index contributed by atoms with van der Waals surface area (Å²) in [6.07, 6.45) is 2.58. The molecule has 0 N–H and O–H groups in total. The minimum Gasteiger partial charge on any atom is -0.487 e. The van der Waals surface area contributed by atoms with E-state index in [4.69, 9.17) is 16.3 Å². The fourth-order valence-electron chi connectivity index (χ4n) is 2.28. The van der Waals surface area contributed by atoms with Gasteiger partial charge < -0.3 is 14.4 Å². The van der Waals surface area contributed by atoms with Gasteiger partial charge >= 0.3 is 5.97 Å². The number of hydrogen-bond acceptors (Lipinski definition) is 6. The molecular weight excluding hydrogens is 344 g/mol. The lowest BCUT2D eigenvalue weighted by Gasteiger charge is -2.40. The lowest BCUT2D eigenvalue weighted by Crippen LogP contribution is -2.54. The minimum absolute atomic E-state index is 0.106. The summed E-state index contributed by atoms with van der Waals surface area (Å²) in [7, 11) is 1.26. The lowest BCUT2D eigenvalue weighted by molar-refractivity contribution is 0.0593. The molecule has 2 heterocycles. The van der Waals surface area contributed by atoms with Crippen LogP contribution in [0, 0.1) is 11.6 Å². The Balaban J connectivity index is 1.67. The number of hydrogen-bond donors (Lipinski definition) is 0. The van der Waals surface area contributed by atoms with Gasteiger partial charge in [0.25, 0.3) is 0 Å². The van der Waals surface area contributed by atoms with Crippen LogP contribution in [0.5, 0.6) is 5.75 Å². The number of carbonyl (C=O) groups excluding carboxylic acids is 1. The highest BCUT2D eigenvalue weighted by molar-refractivity contribution is 6.30. The van der Waals surface area contributed by atoms with Crippen molar-refractivity contribution in [2.24, 2.45) is 0 Å². The molecular formula is C15H12ClF2N3O3. The predicted molar refractivity (Wildman–Crippen MR) is 81.4 cm³/mol. The molecule has 1 aliphatic heterocycles. The van der Waals surface area contributed by atoms with Crippen LogP contribution in [-0.4, -0.2) is 42.2 Å². The standard InChI is InChI=1S/C15H12ClF2N3O3/c1-23-15(22)13-14(20-3-2-19-13)21-6-9(7-21)24-8-4-10(16)12(18)11(17)5-8/h2-5,9H,6-7H2,1H3. The number of rotatable bonds is 4. The van der Waals surface area contributed by atoms with Crippen LogP contribution < -0.4 is 9.64 Å². The minimum atomic E-state index is -1.11. The molecule has 1 aromatic heterocycles. The molecule has 0 unspecified atom stereocenters. The van der Waals surface area contributed by atoms with Crippen molar-refractivity contribution in [1.29, 1.82) is 0 Å². The normalized spacial score (nSPS) is 14.2. The van der Waals surface area contributed by atoms with Gasteiger partial charge in [0.15, 0.2) is 23.1 Å². The Kier molecular flexibility index (Phi) is 4.48. The largest absolute Gasteiger partial charge is 0.487 e. The molecule has 0 atom stereocenters. The van der Waals surface area contributed by atoms with Gasteiger partial charge in [-0.05, 0) is 0 Å². The van der Waals surface area contributed by atoms with Gasteiger partial charge in [-0.15, -0.1) is 0 Å². The van der Waals surface area contributed by atoms with E-state index in [2.05, 4.69) is 14.7 Å². The van der Waals surface area contributed by atoms with E-state index in [1.165, 1.54) is 25.6 Å². The summed E-state index contributed by atoms with van der Waals surface area (Å²) in [6.45, 7) is 0.804. The highest BCUT2D eigenvalue weighted by Gasteiger charge is 2.33. The number of benzene rings is 1. The molecule has 6 nitrogen and oxygen atoms in total. The fraction of sp³-hybridized carbons (Fsp3) is 0.267. The van der Waals surface area contributed by atoms with E-state index in [1.54, 1.807) is 4.90 Å². The van der Waals surface area contributed by atoms with Crippen LogP contribution in [0.3, 0.4) is 0 Å². The number of carbonyl (C=O) groups is 1. The van der Waals surface area contributed by atoms with Crippen molar-refractivity contribution in [3.05, 3.63) is 46.9 Å². The van der Waals surface area contributed by atoms with Gasteiger partial charge in [-0.1, -0.05) is 11.6 Å². The van der Waals surface area contributed by atoms with E-state index in [0.29, 0.717) is 18.9 Å². The van der Waals surface area contributed by atoms with Crippen LogP contribution in [0.1, 0.15) is 10.5 Å². The van der Waals surface area contributed by atoms with E-state index in [9.17, 15) is 13.6 Å². The maximum absolute atomic E-state index is 13.3. The molecule has 1 aromatic carbocycles. The van der Waals surface area contributed by atoms with E-state index in [0.717, 1.165) is 6.07 Å². The molecule has 1 saturated heterocycles. The highest BCUT2D eigenvalue weighted by atomic mass is 35.5. The number of nitrogens with zero attached hydrogens (tertiary/aromatic N) is 3. The van der Waals surface area contributed by atoms with Gasteiger partial charge in [0, 0.05) is 24.5 Å². The number of methoxy groups -OCH3 is 1. The first-order chi connectivity index (χ1) is 11.5. The molecule has 0 bridgehead atoms. The van der Waals surface area contributed by atoms with Crippen molar-refractivity contribution in [1.82, 2.24) is 9.97 Å². The fourth-order valence-corrected chi connectivity index (χ4v) is 2.48. The van der Waals surface area contributed by atoms with Crippen LogP contribution in [0.2, 0.25) is 5.02 Å². The average Bonchev–Trinajstić information content (AvgIpc) is 2.54. The molecule has 0 radical (unpaired) electrons. The molecule has 0 aliphatic carbocycles. The number of anilines is 1. The van der Waals surface area contributed by atoms with Gasteiger partial charge in [0.2, 0.25) is 0 Å².